The van der Waals surface area contributed by atoms with Gasteiger partial charge in [0.15, 0.2) is 17.4 Å². The lowest BCUT2D eigenvalue weighted by Gasteiger charge is -1.89. The molecule has 1 rings (SSSR count). The summed E-state index contributed by atoms with van der Waals surface area (Å²) >= 11 is 0. The molecule has 2 N–H and O–H groups in total. The highest BCUT2D eigenvalue weighted by atomic mass is 27.0. The molecule has 47 valence electrons. The third kappa shape index (κ3) is 2.67. The van der Waals surface area contributed by atoms with Gasteiger partial charge in [0.1, 0.15) is 0 Å². The molecular weight excluding hydrogens is 125 g/mol. The van der Waals surface area contributed by atoms with Crippen LogP contribution >= 0.6 is 0 Å². The first-order valence-corrected chi connectivity index (χ1v) is 2.58. The van der Waals surface area contributed by atoms with Gasteiger partial charge in [0.2, 0.25) is 0 Å². The molecule has 0 unspecified atom stereocenters. The Kier molecular flexibility index (Phi) is 4.43. The molecule has 0 spiro atoms. The van der Waals surface area contributed by atoms with Crippen LogP contribution < -0.4 is 5.73 Å². The van der Waals surface area contributed by atoms with E-state index in [0.29, 0.717) is 6.54 Å². The Balaban J connectivity index is 0.000000640. The average molecular weight is 136 g/mol. The Morgan fingerprint density at radius 3 is 2.22 bits per heavy atom. The molecule has 1 aromatic carbocycles. The number of rotatable bonds is 1. The fourth-order valence-corrected chi connectivity index (χ4v) is 0.557. The maximum absolute atomic E-state index is 5.34. The summed E-state index contributed by atoms with van der Waals surface area (Å²) in [5.41, 5.74) is 6.49. The van der Waals surface area contributed by atoms with Crippen LogP contribution in [0.5, 0.6) is 0 Å². The predicted octanol–water partition coefficient (Wildman–Crippen LogP) is -0.238. The molecule has 1 radical (unpaired) electrons. The normalized spacial score (nSPS) is 8.11. The quantitative estimate of drug-likeness (QED) is 0.530. The van der Waals surface area contributed by atoms with Gasteiger partial charge in [-0.15, -0.1) is 0 Å². The molecule has 0 aliphatic heterocycles. The molecule has 0 fully saturated rings. The fourth-order valence-electron chi connectivity index (χ4n) is 0.557. The van der Waals surface area contributed by atoms with Crippen molar-refractivity contribution in [3.63, 3.8) is 0 Å². The van der Waals surface area contributed by atoms with E-state index in [1.165, 1.54) is 0 Å². The van der Waals surface area contributed by atoms with Crippen LogP contribution in [0.1, 0.15) is 5.56 Å². The SMILES string of the molecule is NCc1cc[c]cc1.[AlH3]. The number of benzene rings is 1. The summed E-state index contributed by atoms with van der Waals surface area (Å²) in [5, 5.41) is 0. The molecule has 0 saturated heterocycles. The fraction of sp³-hybridized carbons (Fsp3) is 0.143. The van der Waals surface area contributed by atoms with E-state index in [0.717, 1.165) is 5.56 Å². The van der Waals surface area contributed by atoms with E-state index in [9.17, 15) is 0 Å². The van der Waals surface area contributed by atoms with E-state index in [1.54, 1.807) is 0 Å². The Bertz CT molecular complexity index is 150. The van der Waals surface area contributed by atoms with E-state index in [-0.39, 0.29) is 17.4 Å². The largest absolute Gasteiger partial charge is 0.326 e. The summed E-state index contributed by atoms with van der Waals surface area (Å²) in [4.78, 5) is 0. The first-order chi connectivity index (χ1) is 3.93. The van der Waals surface area contributed by atoms with Gasteiger partial charge in [-0.25, -0.2) is 0 Å². The molecule has 1 nitrogen and oxygen atoms in total. The van der Waals surface area contributed by atoms with Gasteiger partial charge in [-0.05, 0) is 11.6 Å². The molecule has 9 heavy (non-hydrogen) atoms. The molecule has 0 aliphatic rings. The van der Waals surface area contributed by atoms with Gasteiger partial charge >= 0.3 is 0 Å². The molecule has 0 atom stereocenters. The van der Waals surface area contributed by atoms with Crippen molar-refractivity contribution in [1.82, 2.24) is 0 Å². The van der Waals surface area contributed by atoms with Crippen LogP contribution in [0, 0.1) is 6.07 Å². The molecule has 0 aromatic heterocycles. The molecule has 0 amide bonds. The Labute approximate surface area is 66.0 Å². The van der Waals surface area contributed by atoms with Crippen LogP contribution in [0.25, 0.3) is 0 Å². The predicted molar refractivity (Wildman–Crippen MR) is 43.1 cm³/mol. The second-order valence-corrected chi connectivity index (χ2v) is 1.61. The molecule has 2 heteroatoms. The van der Waals surface area contributed by atoms with Crippen LogP contribution in [0.15, 0.2) is 24.3 Å². The van der Waals surface area contributed by atoms with E-state index in [1.807, 2.05) is 24.3 Å². The van der Waals surface area contributed by atoms with Crippen molar-refractivity contribution in [2.24, 2.45) is 5.73 Å². The first kappa shape index (κ1) is 8.71. The van der Waals surface area contributed by atoms with E-state index >= 15 is 0 Å². The second-order valence-electron chi connectivity index (χ2n) is 1.61. The Hall–Kier alpha value is -0.288. The minimum Gasteiger partial charge on any atom is -0.326 e. The van der Waals surface area contributed by atoms with Gasteiger partial charge in [0, 0.05) is 6.54 Å². The molecule has 0 aliphatic carbocycles. The van der Waals surface area contributed by atoms with Crippen LogP contribution in [-0.4, -0.2) is 17.4 Å². The summed E-state index contributed by atoms with van der Waals surface area (Å²) in [6.45, 7) is 0.620. The maximum Gasteiger partial charge on any atom is 0.187 e. The first-order valence-electron chi connectivity index (χ1n) is 2.58. The minimum absolute atomic E-state index is 0. The van der Waals surface area contributed by atoms with Crippen LogP contribution in [0.4, 0.5) is 0 Å². The molecule has 0 saturated carbocycles. The Morgan fingerprint density at radius 2 is 1.89 bits per heavy atom. The summed E-state index contributed by atoms with van der Waals surface area (Å²) < 4.78 is 0. The van der Waals surface area contributed by atoms with E-state index < -0.39 is 0 Å². The second kappa shape index (κ2) is 4.58. The summed E-state index contributed by atoms with van der Waals surface area (Å²) in [6, 6.07) is 10.6. The van der Waals surface area contributed by atoms with Crippen LogP contribution in [0.3, 0.4) is 0 Å². The van der Waals surface area contributed by atoms with Crippen molar-refractivity contribution < 1.29 is 0 Å². The molecule has 0 bridgehead atoms. The van der Waals surface area contributed by atoms with Gasteiger partial charge in [-0.2, -0.15) is 0 Å². The van der Waals surface area contributed by atoms with Crippen molar-refractivity contribution in [3.8, 4) is 0 Å². The summed E-state index contributed by atoms with van der Waals surface area (Å²) in [5.74, 6) is 0. The van der Waals surface area contributed by atoms with Gasteiger partial charge in [-0.3, -0.25) is 0 Å². The lowest BCUT2D eigenvalue weighted by molar-refractivity contribution is 1.07. The molecule has 1 aromatic rings. The van der Waals surface area contributed by atoms with Crippen molar-refractivity contribution in [3.05, 3.63) is 35.9 Å². The lowest BCUT2D eigenvalue weighted by Crippen LogP contribution is -1.94. The van der Waals surface area contributed by atoms with Crippen molar-refractivity contribution >= 4 is 17.4 Å². The zero-order valence-corrected chi connectivity index (χ0v) is 4.59. The van der Waals surface area contributed by atoms with E-state index in [4.69, 9.17) is 5.73 Å². The van der Waals surface area contributed by atoms with Crippen LogP contribution in [0.2, 0.25) is 0 Å². The third-order valence-electron chi connectivity index (χ3n) is 1.02. The molecule has 0 heterocycles. The lowest BCUT2D eigenvalue weighted by atomic mass is 10.2. The standard InChI is InChI=1S/C7H8N.Al.3H/c8-6-7-4-2-1-3-5-7;;;;/h2-5H,6,8H2;;;;. The van der Waals surface area contributed by atoms with Crippen molar-refractivity contribution in [2.75, 3.05) is 0 Å². The van der Waals surface area contributed by atoms with Gasteiger partial charge in [0.05, 0.1) is 0 Å². The van der Waals surface area contributed by atoms with Gasteiger partial charge in [-0.1, -0.05) is 24.3 Å². The maximum atomic E-state index is 5.34. The van der Waals surface area contributed by atoms with Crippen molar-refractivity contribution in [1.29, 1.82) is 0 Å². The highest BCUT2D eigenvalue weighted by Gasteiger charge is 1.80. The van der Waals surface area contributed by atoms with Crippen LogP contribution in [-0.2, 0) is 6.54 Å². The monoisotopic (exact) mass is 136 g/mol. The third-order valence-corrected chi connectivity index (χ3v) is 1.02. The Morgan fingerprint density at radius 1 is 1.33 bits per heavy atom. The average Bonchev–Trinajstić information content (AvgIpc) is 1.90. The van der Waals surface area contributed by atoms with E-state index in [2.05, 4.69) is 6.07 Å². The number of hydrogen-bond acceptors (Lipinski definition) is 1. The highest BCUT2D eigenvalue weighted by Crippen LogP contribution is 1.93. The minimum atomic E-state index is 0. The van der Waals surface area contributed by atoms with Gasteiger partial charge < -0.3 is 5.73 Å². The molecular formula is C7H11AlN. The summed E-state index contributed by atoms with van der Waals surface area (Å²) in [6.07, 6.45) is 0. The zero-order valence-electron chi connectivity index (χ0n) is 4.59. The highest BCUT2D eigenvalue weighted by molar-refractivity contribution is 5.75. The summed E-state index contributed by atoms with van der Waals surface area (Å²) in [7, 11) is 0. The number of hydrogen-bond donors (Lipinski definition) is 1. The smallest absolute Gasteiger partial charge is 0.187 e. The number of nitrogens with two attached hydrogens (primary N) is 1. The van der Waals surface area contributed by atoms with Crippen molar-refractivity contribution in [2.45, 2.75) is 6.54 Å². The zero-order chi connectivity index (χ0) is 5.82. The topological polar surface area (TPSA) is 26.0 Å². The van der Waals surface area contributed by atoms with Gasteiger partial charge in [0.25, 0.3) is 0 Å².